The van der Waals surface area contributed by atoms with Gasteiger partial charge in [0.2, 0.25) is 5.16 Å². The average molecular weight is 339 g/mol. The Labute approximate surface area is 144 Å². The van der Waals surface area contributed by atoms with Gasteiger partial charge in [0.05, 0.1) is 12.9 Å². The normalized spacial score (nSPS) is 10.6. The highest BCUT2D eigenvalue weighted by Gasteiger charge is 2.12. The van der Waals surface area contributed by atoms with Crippen molar-refractivity contribution in [2.75, 3.05) is 12.9 Å². The third kappa shape index (κ3) is 3.65. The van der Waals surface area contributed by atoms with Crippen LogP contribution in [0.2, 0.25) is 0 Å². The van der Waals surface area contributed by atoms with Gasteiger partial charge in [-0.3, -0.25) is 9.89 Å². The zero-order valence-electron chi connectivity index (χ0n) is 13.4. The summed E-state index contributed by atoms with van der Waals surface area (Å²) in [6, 6.07) is 15.2. The number of hydrogen-bond acceptors (Lipinski definition) is 5. The van der Waals surface area contributed by atoms with E-state index in [-0.39, 0.29) is 11.5 Å². The molecule has 0 aliphatic carbocycles. The van der Waals surface area contributed by atoms with Crippen molar-refractivity contribution in [2.24, 2.45) is 0 Å². The van der Waals surface area contributed by atoms with Crippen LogP contribution < -0.4 is 4.74 Å². The number of aromatic nitrogens is 3. The van der Waals surface area contributed by atoms with Crippen LogP contribution in [-0.2, 0) is 0 Å². The van der Waals surface area contributed by atoms with E-state index in [0.29, 0.717) is 16.5 Å². The average Bonchev–Trinajstić information content (AvgIpc) is 3.09. The van der Waals surface area contributed by atoms with E-state index in [1.807, 2.05) is 49.4 Å². The smallest absolute Gasteiger partial charge is 0.209 e. The summed E-state index contributed by atoms with van der Waals surface area (Å²) in [6.07, 6.45) is 0. The number of H-pyrrole nitrogens is 1. The first-order valence-corrected chi connectivity index (χ1v) is 8.44. The van der Waals surface area contributed by atoms with E-state index in [0.717, 1.165) is 16.9 Å². The zero-order valence-corrected chi connectivity index (χ0v) is 14.3. The molecule has 0 saturated heterocycles. The number of Topliss-reactive ketones (excluding diaryl/α,β-unsaturated/α-hetero) is 1. The number of ketones is 1. The second-order valence-electron chi connectivity index (χ2n) is 5.23. The van der Waals surface area contributed by atoms with Crippen LogP contribution in [-0.4, -0.2) is 33.8 Å². The van der Waals surface area contributed by atoms with Gasteiger partial charge in [0.15, 0.2) is 11.6 Å². The molecule has 0 amide bonds. The SMILES string of the molecule is COc1ccc(C(=O)CSc2n[nH]c(-c3ccccc3)n2)cc1C. The van der Waals surface area contributed by atoms with Crippen LogP contribution >= 0.6 is 11.8 Å². The Bertz CT molecular complexity index is 846. The van der Waals surface area contributed by atoms with E-state index in [9.17, 15) is 4.79 Å². The summed E-state index contributed by atoms with van der Waals surface area (Å²) >= 11 is 1.32. The Morgan fingerprint density at radius 2 is 2.00 bits per heavy atom. The standard InChI is InChI=1S/C18H17N3O2S/c1-12-10-14(8-9-16(12)23-2)15(22)11-24-18-19-17(20-21-18)13-6-4-3-5-7-13/h3-10H,11H2,1-2H3,(H,19,20,21). The van der Waals surface area contributed by atoms with E-state index in [2.05, 4.69) is 15.2 Å². The molecule has 0 bridgehead atoms. The third-order valence-electron chi connectivity index (χ3n) is 3.56. The van der Waals surface area contributed by atoms with Gasteiger partial charge in [-0.25, -0.2) is 4.98 Å². The summed E-state index contributed by atoms with van der Waals surface area (Å²) in [4.78, 5) is 16.7. The Balaban J connectivity index is 1.65. The van der Waals surface area contributed by atoms with E-state index >= 15 is 0 Å². The van der Waals surface area contributed by atoms with Crippen molar-refractivity contribution in [3.05, 3.63) is 59.7 Å². The predicted molar refractivity (Wildman–Crippen MR) is 94.6 cm³/mol. The van der Waals surface area contributed by atoms with Crippen molar-refractivity contribution < 1.29 is 9.53 Å². The minimum atomic E-state index is 0.0387. The number of aromatic amines is 1. The van der Waals surface area contributed by atoms with Crippen molar-refractivity contribution in [3.63, 3.8) is 0 Å². The molecule has 24 heavy (non-hydrogen) atoms. The summed E-state index contributed by atoms with van der Waals surface area (Å²) < 4.78 is 5.21. The lowest BCUT2D eigenvalue weighted by Crippen LogP contribution is -2.03. The first-order valence-electron chi connectivity index (χ1n) is 7.46. The Kier molecular flexibility index (Phi) is 4.96. The number of ether oxygens (including phenoxy) is 1. The molecule has 0 spiro atoms. The molecule has 3 aromatic rings. The van der Waals surface area contributed by atoms with Crippen molar-refractivity contribution in [1.82, 2.24) is 15.2 Å². The first-order chi connectivity index (χ1) is 11.7. The summed E-state index contributed by atoms with van der Waals surface area (Å²) in [5.74, 6) is 1.81. The van der Waals surface area contributed by atoms with E-state index in [1.165, 1.54) is 11.8 Å². The fourth-order valence-corrected chi connectivity index (χ4v) is 2.99. The van der Waals surface area contributed by atoms with Crippen molar-refractivity contribution in [2.45, 2.75) is 12.1 Å². The molecule has 1 N–H and O–H groups in total. The summed E-state index contributed by atoms with van der Waals surface area (Å²) in [5, 5.41) is 7.62. The molecule has 3 rings (SSSR count). The molecule has 0 aliphatic heterocycles. The van der Waals surface area contributed by atoms with Gasteiger partial charge < -0.3 is 4.74 Å². The van der Waals surface area contributed by atoms with Crippen molar-refractivity contribution in [3.8, 4) is 17.1 Å². The Morgan fingerprint density at radius 1 is 1.21 bits per heavy atom. The fourth-order valence-electron chi connectivity index (χ4n) is 2.30. The van der Waals surface area contributed by atoms with Crippen LogP contribution in [0, 0.1) is 6.92 Å². The van der Waals surface area contributed by atoms with Crippen molar-refractivity contribution >= 4 is 17.5 Å². The molecule has 1 aromatic heterocycles. The largest absolute Gasteiger partial charge is 0.496 e. The van der Waals surface area contributed by atoms with Crippen LogP contribution in [0.15, 0.2) is 53.7 Å². The number of aryl methyl sites for hydroxylation is 1. The van der Waals surface area contributed by atoms with Crippen LogP contribution in [0.1, 0.15) is 15.9 Å². The maximum atomic E-state index is 12.3. The molecule has 0 radical (unpaired) electrons. The lowest BCUT2D eigenvalue weighted by Gasteiger charge is -2.06. The number of rotatable bonds is 6. The minimum absolute atomic E-state index is 0.0387. The quantitative estimate of drug-likeness (QED) is 0.547. The maximum absolute atomic E-state index is 12.3. The molecular formula is C18H17N3O2S. The van der Waals surface area contributed by atoms with Gasteiger partial charge in [-0.2, -0.15) is 0 Å². The van der Waals surface area contributed by atoms with Gasteiger partial charge in [0, 0.05) is 11.1 Å². The Morgan fingerprint density at radius 3 is 2.71 bits per heavy atom. The number of thioether (sulfide) groups is 1. The van der Waals surface area contributed by atoms with Crippen molar-refractivity contribution in [1.29, 1.82) is 0 Å². The van der Waals surface area contributed by atoms with E-state index < -0.39 is 0 Å². The van der Waals surface area contributed by atoms with Gasteiger partial charge in [-0.05, 0) is 30.7 Å². The number of benzene rings is 2. The number of hydrogen-bond donors (Lipinski definition) is 1. The highest BCUT2D eigenvalue weighted by atomic mass is 32.2. The van der Waals surface area contributed by atoms with Gasteiger partial charge in [0.25, 0.3) is 0 Å². The number of nitrogens with zero attached hydrogens (tertiary/aromatic N) is 2. The lowest BCUT2D eigenvalue weighted by molar-refractivity contribution is 0.102. The van der Waals surface area contributed by atoms with Crippen LogP contribution in [0.5, 0.6) is 5.75 Å². The molecule has 0 saturated carbocycles. The molecule has 1 heterocycles. The van der Waals surface area contributed by atoms with Crippen LogP contribution in [0.4, 0.5) is 0 Å². The Hall–Kier alpha value is -2.60. The molecule has 0 atom stereocenters. The van der Waals surface area contributed by atoms with Gasteiger partial charge in [0.1, 0.15) is 5.75 Å². The van der Waals surface area contributed by atoms with Gasteiger partial charge in [-0.15, -0.1) is 5.10 Å². The monoisotopic (exact) mass is 339 g/mol. The lowest BCUT2D eigenvalue weighted by atomic mass is 10.1. The summed E-state index contributed by atoms with van der Waals surface area (Å²) in [5.41, 5.74) is 2.58. The molecule has 6 heteroatoms. The molecule has 0 fully saturated rings. The number of methoxy groups -OCH3 is 1. The van der Waals surface area contributed by atoms with Crippen LogP contribution in [0.25, 0.3) is 11.4 Å². The highest BCUT2D eigenvalue weighted by molar-refractivity contribution is 7.99. The van der Waals surface area contributed by atoms with Gasteiger partial charge in [-0.1, -0.05) is 42.1 Å². The van der Waals surface area contributed by atoms with Gasteiger partial charge >= 0.3 is 0 Å². The first kappa shape index (κ1) is 16.3. The fraction of sp³-hybridized carbons (Fsp3) is 0.167. The summed E-state index contributed by atoms with van der Waals surface area (Å²) in [7, 11) is 1.62. The third-order valence-corrected chi connectivity index (χ3v) is 4.41. The summed E-state index contributed by atoms with van der Waals surface area (Å²) in [6.45, 7) is 1.92. The molecule has 122 valence electrons. The predicted octanol–water partition coefficient (Wildman–Crippen LogP) is 3.76. The highest BCUT2D eigenvalue weighted by Crippen LogP contribution is 2.22. The topological polar surface area (TPSA) is 67.9 Å². The number of nitrogens with one attached hydrogen (secondary N) is 1. The molecule has 0 aliphatic rings. The van der Waals surface area contributed by atoms with E-state index in [1.54, 1.807) is 13.2 Å². The number of carbonyl (C=O) groups excluding carboxylic acids is 1. The molecular weight excluding hydrogens is 322 g/mol. The minimum Gasteiger partial charge on any atom is -0.496 e. The molecule has 2 aromatic carbocycles. The second kappa shape index (κ2) is 7.31. The maximum Gasteiger partial charge on any atom is 0.209 e. The second-order valence-corrected chi connectivity index (χ2v) is 6.17. The zero-order chi connectivity index (χ0) is 16.9. The van der Waals surface area contributed by atoms with E-state index in [4.69, 9.17) is 4.74 Å². The molecule has 5 nitrogen and oxygen atoms in total. The molecule has 0 unspecified atom stereocenters. The van der Waals surface area contributed by atoms with Crippen LogP contribution in [0.3, 0.4) is 0 Å². The number of carbonyl (C=O) groups is 1.